The Kier molecular flexibility index (Phi) is 2.82. The Morgan fingerprint density at radius 2 is 2.19 bits per heavy atom. The van der Waals surface area contributed by atoms with Crippen molar-refractivity contribution in [3.8, 4) is 0 Å². The first-order valence-corrected chi connectivity index (χ1v) is 6.00. The van der Waals surface area contributed by atoms with Crippen molar-refractivity contribution < 1.29 is 14.6 Å². The van der Waals surface area contributed by atoms with Gasteiger partial charge in [-0.15, -0.1) is 0 Å². The zero-order chi connectivity index (χ0) is 11.8. The van der Waals surface area contributed by atoms with Crippen molar-refractivity contribution in [2.45, 2.75) is 44.6 Å². The molecule has 0 saturated heterocycles. The molecule has 1 fully saturated rings. The molecule has 90 valence electrons. The highest BCUT2D eigenvalue weighted by Gasteiger charge is 2.57. The highest BCUT2D eigenvalue weighted by molar-refractivity contribution is 5.76. The Balaban J connectivity index is 2.37. The molecule has 0 radical (unpaired) electrons. The first kappa shape index (κ1) is 11.6. The van der Waals surface area contributed by atoms with Gasteiger partial charge in [0.2, 0.25) is 0 Å². The molecule has 1 saturated carbocycles. The quantitative estimate of drug-likeness (QED) is 0.547. The number of esters is 1. The number of carbonyl (C=O) groups excluding carboxylic acids is 1. The number of aliphatic hydroxyl groups is 1. The highest BCUT2D eigenvalue weighted by Crippen LogP contribution is 2.56. The lowest BCUT2D eigenvalue weighted by molar-refractivity contribution is -0.157. The zero-order valence-corrected chi connectivity index (χ0v) is 10.0. The Bertz CT molecular complexity index is 319. The molecule has 0 amide bonds. The summed E-state index contributed by atoms with van der Waals surface area (Å²) in [5.74, 6) is -0.484. The van der Waals surface area contributed by atoms with Crippen LogP contribution in [0.2, 0.25) is 0 Å². The summed E-state index contributed by atoms with van der Waals surface area (Å²) in [6.07, 6.45) is 8.49. The Morgan fingerprint density at radius 3 is 2.75 bits per heavy atom. The smallest absolute Gasteiger partial charge is 0.313 e. The van der Waals surface area contributed by atoms with E-state index >= 15 is 0 Å². The molecule has 0 heterocycles. The average molecular weight is 224 g/mol. The van der Waals surface area contributed by atoms with Gasteiger partial charge in [0, 0.05) is 5.41 Å². The van der Waals surface area contributed by atoms with Gasteiger partial charge in [0.15, 0.2) is 0 Å². The molecule has 0 aromatic carbocycles. The Labute approximate surface area is 96.5 Å². The third-order valence-corrected chi connectivity index (χ3v) is 4.50. The molecule has 2 rings (SSSR count). The van der Waals surface area contributed by atoms with Crippen LogP contribution in [-0.2, 0) is 9.53 Å². The van der Waals surface area contributed by atoms with E-state index in [1.165, 1.54) is 7.11 Å². The fourth-order valence-electron chi connectivity index (χ4n) is 3.50. The number of carbonyl (C=O) groups is 1. The third-order valence-electron chi connectivity index (χ3n) is 4.50. The van der Waals surface area contributed by atoms with Gasteiger partial charge in [0.25, 0.3) is 0 Å². The van der Waals surface area contributed by atoms with Gasteiger partial charge in [-0.2, -0.15) is 0 Å². The lowest BCUT2D eigenvalue weighted by atomic mass is 9.61. The standard InChI is InChI=1S/C13H20O3/c1-12(15)7-5-9-13(12)8-4-3-6-10(13)11(14)16-2/h3,6,10,15H,4-5,7-9H2,1-2H3/t10-,12-,13+/m0/s1. The monoisotopic (exact) mass is 224 g/mol. The summed E-state index contributed by atoms with van der Waals surface area (Å²) in [7, 11) is 1.42. The van der Waals surface area contributed by atoms with Crippen LogP contribution in [0.3, 0.4) is 0 Å². The SMILES string of the molecule is COC(=O)[C@@H]1C=CCC[C@@]12CCC[C@]2(C)O. The number of hydrogen-bond donors (Lipinski definition) is 1. The molecule has 3 atom stereocenters. The molecule has 0 aromatic heterocycles. The summed E-state index contributed by atoms with van der Waals surface area (Å²) >= 11 is 0. The van der Waals surface area contributed by atoms with Gasteiger partial charge in [-0.25, -0.2) is 0 Å². The minimum absolute atomic E-state index is 0.210. The minimum Gasteiger partial charge on any atom is -0.469 e. The van der Waals surface area contributed by atoms with Crippen LogP contribution in [0.25, 0.3) is 0 Å². The first-order valence-electron chi connectivity index (χ1n) is 6.00. The Morgan fingerprint density at radius 1 is 1.44 bits per heavy atom. The summed E-state index contributed by atoms with van der Waals surface area (Å²) < 4.78 is 4.87. The van der Waals surface area contributed by atoms with Gasteiger partial charge in [0.1, 0.15) is 0 Å². The summed E-state index contributed by atoms with van der Waals surface area (Å²) in [6.45, 7) is 1.87. The van der Waals surface area contributed by atoms with Crippen molar-refractivity contribution in [3.63, 3.8) is 0 Å². The maximum absolute atomic E-state index is 11.8. The van der Waals surface area contributed by atoms with E-state index in [4.69, 9.17) is 4.74 Å². The van der Waals surface area contributed by atoms with Crippen LogP contribution in [0.4, 0.5) is 0 Å². The van der Waals surface area contributed by atoms with Crippen LogP contribution in [0.1, 0.15) is 39.0 Å². The summed E-state index contributed by atoms with van der Waals surface area (Å²) in [5, 5.41) is 10.5. The minimum atomic E-state index is -0.739. The molecule has 2 aliphatic carbocycles. The van der Waals surface area contributed by atoms with Gasteiger partial charge < -0.3 is 9.84 Å². The number of allylic oxidation sites excluding steroid dienone is 1. The van der Waals surface area contributed by atoms with Crippen molar-refractivity contribution >= 4 is 5.97 Å². The number of methoxy groups -OCH3 is 1. The molecule has 3 nitrogen and oxygen atoms in total. The van der Waals surface area contributed by atoms with E-state index in [2.05, 4.69) is 0 Å². The maximum Gasteiger partial charge on any atom is 0.313 e. The molecule has 1 N–H and O–H groups in total. The van der Waals surface area contributed by atoms with E-state index in [0.29, 0.717) is 0 Å². The molecule has 1 spiro atoms. The van der Waals surface area contributed by atoms with E-state index < -0.39 is 5.60 Å². The lowest BCUT2D eigenvalue weighted by Gasteiger charge is -2.45. The van der Waals surface area contributed by atoms with Crippen LogP contribution in [-0.4, -0.2) is 23.8 Å². The van der Waals surface area contributed by atoms with Crippen molar-refractivity contribution in [2.75, 3.05) is 7.11 Å². The predicted octanol–water partition coefficient (Wildman–Crippen LogP) is 2.05. The molecule has 0 aliphatic heterocycles. The Hall–Kier alpha value is -0.830. The van der Waals surface area contributed by atoms with Crippen molar-refractivity contribution in [1.29, 1.82) is 0 Å². The topological polar surface area (TPSA) is 46.5 Å². The van der Waals surface area contributed by atoms with Gasteiger partial charge in [-0.3, -0.25) is 4.79 Å². The fraction of sp³-hybridized carbons (Fsp3) is 0.769. The van der Waals surface area contributed by atoms with Crippen molar-refractivity contribution in [3.05, 3.63) is 12.2 Å². The van der Waals surface area contributed by atoms with E-state index in [1.807, 2.05) is 19.1 Å². The van der Waals surface area contributed by atoms with Gasteiger partial charge in [-0.1, -0.05) is 12.2 Å². The predicted molar refractivity (Wildman–Crippen MR) is 60.8 cm³/mol. The maximum atomic E-state index is 11.8. The van der Waals surface area contributed by atoms with Crippen molar-refractivity contribution in [1.82, 2.24) is 0 Å². The van der Waals surface area contributed by atoms with Crippen LogP contribution in [0.15, 0.2) is 12.2 Å². The number of hydrogen-bond acceptors (Lipinski definition) is 3. The third kappa shape index (κ3) is 1.49. The van der Waals surface area contributed by atoms with E-state index in [-0.39, 0.29) is 17.3 Å². The molecule has 3 heteroatoms. The van der Waals surface area contributed by atoms with Gasteiger partial charge in [-0.05, 0) is 39.0 Å². The molecule has 0 bridgehead atoms. The van der Waals surface area contributed by atoms with Gasteiger partial charge in [0.05, 0.1) is 18.6 Å². The highest BCUT2D eigenvalue weighted by atomic mass is 16.5. The van der Waals surface area contributed by atoms with Crippen molar-refractivity contribution in [2.24, 2.45) is 11.3 Å². The second-order valence-corrected chi connectivity index (χ2v) is 5.25. The second-order valence-electron chi connectivity index (χ2n) is 5.25. The molecule has 16 heavy (non-hydrogen) atoms. The lowest BCUT2D eigenvalue weighted by Crippen LogP contribution is -2.50. The zero-order valence-electron chi connectivity index (χ0n) is 10.0. The molecular formula is C13H20O3. The van der Waals surface area contributed by atoms with E-state index in [1.54, 1.807) is 0 Å². The van der Waals surface area contributed by atoms with Gasteiger partial charge >= 0.3 is 5.97 Å². The van der Waals surface area contributed by atoms with E-state index in [9.17, 15) is 9.90 Å². The second kappa shape index (κ2) is 3.88. The van der Waals surface area contributed by atoms with Crippen LogP contribution >= 0.6 is 0 Å². The largest absolute Gasteiger partial charge is 0.469 e. The summed E-state index contributed by atoms with van der Waals surface area (Å²) in [6, 6.07) is 0. The number of rotatable bonds is 1. The van der Waals surface area contributed by atoms with E-state index in [0.717, 1.165) is 32.1 Å². The normalized spacial score (nSPS) is 42.6. The summed E-state index contributed by atoms with van der Waals surface area (Å²) in [5.41, 5.74) is -1.04. The van der Waals surface area contributed by atoms with Crippen LogP contribution < -0.4 is 0 Å². The molecule has 0 unspecified atom stereocenters. The molecular weight excluding hydrogens is 204 g/mol. The average Bonchev–Trinajstić information content (AvgIpc) is 2.55. The first-order chi connectivity index (χ1) is 7.53. The fourth-order valence-corrected chi connectivity index (χ4v) is 3.50. The molecule has 0 aromatic rings. The summed E-state index contributed by atoms with van der Waals surface area (Å²) in [4.78, 5) is 11.8. The van der Waals surface area contributed by atoms with Crippen LogP contribution in [0.5, 0.6) is 0 Å². The van der Waals surface area contributed by atoms with Crippen LogP contribution in [0, 0.1) is 11.3 Å². The number of ether oxygens (including phenoxy) is 1. The molecule has 2 aliphatic rings.